The Morgan fingerprint density at radius 2 is 2.38 bits per heavy atom. The third kappa shape index (κ3) is 0.671. The number of allylic oxidation sites excluding steroid dienone is 2. The van der Waals surface area contributed by atoms with Crippen molar-refractivity contribution in [3.63, 3.8) is 0 Å². The minimum atomic E-state index is -0.652. The van der Waals surface area contributed by atoms with Crippen LogP contribution in [0.4, 0.5) is 0 Å². The van der Waals surface area contributed by atoms with Crippen molar-refractivity contribution >= 4 is 6.34 Å². The molecule has 0 radical (unpaired) electrons. The highest BCUT2D eigenvalue weighted by molar-refractivity contribution is 5.69. The van der Waals surface area contributed by atoms with Gasteiger partial charge in [0.2, 0.25) is 0 Å². The maximum Gasteiger partial charge on any atom is 0.173 e. The second-order valence-corrected chi connectivity index (χ2v) is 3.08. The summed E-state index contributed by atoms with van der Waals surface area (Å²) in [5.74, 6) is 0.458. The number of nitrogens with zero attached hydrogens (tertiary/aromatic N) is 2. The Hall–Kier alpha value is -1.75. The maximum absolute atomic E-state index is 9.70. The standard InChI is InChI=1S/C8H8N4O/c9-7-6-5-2-1-4(11-6)8(13)12(5)3-10-7/h1-3,8,11,13H,9H2. The summed E-state index contributed by atoms with van der Waals surface area (Å²) < 4.78 is 0. The summed E-state index contributed by atoms with van der Waals surface area (Å²) in [6.07, 6.45) is 4.64. The highest BCUT2D eigenvalue weighted by atomic mass is 16.3. The molecule has 66 valence electrons. The Morgan fingerprint density at radius 1 is 1.54 bits per heavy atom. The van der Waals surface area contributed by atoms with E-state index in [0.29, 0.717) is 5.82 Å². The highest BCUT2D eigenvalue weighted by Gasteiger charge is 2.35. The molecule has 5 heteroatoms. The summed E-state index contributed by atoms with van der Waals surface area (Å²) in [6.45, 7) is 0. The van der Waals surface area contributed by atoms with Crippen molar-refractivity contribution in [3.05, 3.63) is 35.1 Å². The number of nitrogens with one attached hydrogen (secondary N) is 1. The molecule has 0 amide bonds. The van der Waals surface area contributed by atoms with E-state index in [4.69, 9.17) is 5.73 Å². The second kappa shape index (κ2) is 1.94. The quantitative estimate of drug-likeness (QED) is 0.450. The van der Waals surface area contributed by atoms with Gasteiger partial charge in [-0.25, -0.2) is 4.99 Å². The van der Waals surface area contributed by atoms with Gasteiger partial charge in [0.1, 0.15) is 5.70 Å². The van der Waals surface area contributed by atoms with Gasteiger partial charge in [0.25, 0.3) is 0 Å². The number of rotatable bonds is 0. The van der Waals surface area contributed by atoms with Crippen LogP contribution in [0.25, 0.3) is 0 Å². The predicted molar refractivity (Wildman–Crippen MR) is 46.9 cm³/mol. The topological polar surface area (TPSA) is 73.9 Å². The number of piperazine rings is 1. The van der Waals surface area contributed by atoms with Gasteiger partial charge in [-0.1, -0.05) is 0 Å². The van der Waals surface area contributed by atoms with Crippen LogP contribution < -0.4 is 11.1 Å². The fourth-order valence-electron chi connectivity index (χ4n) is 1.66. The normalized spacial score (nSPS) is 28.7. The van der Waals surface area contributed by atoms with Crippen molar-refractivity contribution in [2.75, 3.05) is 0 Å². The van der Waals surface area contributed by atoms with Crippen LogP contribution in [0, 0.1) is 0 Å². The van der Waals surface area contributed by atoms with Gasteiger partial charge in [0, 0.05) is 0 Å². The van der Waals surface area contributed by atoms with Crippen molar-refractivity contribution in [1.29, 1.82) is 0 Å². The molecule has 4 heterocycles. The molecular weight excluding hydrogens is 168 g/mol. The maximum atomic E-state index is 9.70. The summed E-state index contributed by atoms with van der Waals surface area (Å²) in [5, 5.41) is 12.7. The fraction of sp³-hybridized carbons (Fsp3) is 0.125. The van der Waals surface area contributed by atoms with Crippen LogP contribution in [0.2, 0.25) is 0 Å². The van der Waals surface area contributed by atoms with Crippen LogP contribution in [0.1, 0.15) is 0 Å². The molecule has 0 spiro atoms. The van der Waals surface area contributed by atoms with Crippen LogP contribution in [0.5, 0.6) is 0 Å². The Balaban J connectivity index is 2.22. The Bertz CT molecular complexity index is 404. The zero-order chi connectivity index (χ0) is 9.00. The summed E-state index contributed by atoms with van der Waals surface area (Å²) in [6, 6.07) is 0. The van der Waals surface area contributed by atoms with E-state index in [0.717, 1.165) is 17.1 Å². The lowest BCUT2D eigenvalue weighted by atomic mass is 10.1. The molecule has 0 aromatic heterocycles. The number of aliphatic imine (C=N–C) groups is 1. The molecule has 1 unspecified atom stereocenters. The minimum absolute atomic E-state index is 0.458. The molecule has 0 aromatic rings. The predicted octanol–water partition coefficient (Wildman–Crippen LogP) is -0.839. The fourth-order valence-corrected chi connectivity index (χ4v) is 1.66. The van der Waals surface area contributed by atoms with E-state index in [1.165, 1.54) is 0 Å². The monoisotopic (exact) mass is 176 g/mol. The number of nitrogens with two attached hydrogens (primary N) is 1. The number of aliphatic hydroxyl groups is 1. The van der Waals surface area contributed by atoms with Gasteiger partial charge < -0.3 is 16.2 Å². The number of hydrogen-bond acceptors (Lipinski definition) is 5. The van der Waals surface area contributed by atoms with Crippen molar-refractivity contribution in [3.8, 4) is 0 Å². The van der Waals surface area contributed by atoms with E-state index in [-0.39, 0.29) is 0 Å². The Labute approximate surface area is 74.5 Å². The van der Waals surface area contributed by atoms with E-state index in [9.17, 15) is 5.11 Å². The summed E-state index contributed by atoms with van der Waals surface area (Å²) in [4.78, 5) is 5.63. The van der Waals surface area contributed by atoms with Gasteiger partial charge in [0.05, 0.1) is 17.7 Å². The molecule has 1 atom stereocenters. The molecule has 13 heavy (non-hydrogen) atoms. The molecule has 4 aliphatic rings. The van der Waals surface area contributed by atoms with Gasteiger partial charge in [0.15, 0.2) is 12.0 Å². The molecule has 1 saturated heterocycles. The zero-order valence-corrected chi connectivity index (χ0v) is 6.73. The molecule has 4 rings (SSSR count). The first-order valence-electron chi connectivity index (χ1n) is 3.97. The van der Waals surface area contributed by atoms with Crippen molar-refractivity contribution in [1.82, 2.24) is 10.2 Å². The number of aliphatic hydroxyl groups excluding tert-OH is 1. The van der Waals surface area contributed by atoms with Gasteiger partial charge in [-0.15, -0.1) is 0 Å². The van der Waals surface area contributed by atoms with Crippen molar-refractivity contribution in [2.24, 2.45) is 10.7 Å². The number of fused-ring (bicyclic) bond motifs is 1. The van der Waals surface area contributed by atoms with E-state index in [2.05, 4.69) is 10.3 Å². The molecule has 0 aliphatic carbocycles. The average Bonchev–Trinajstić information content (AvgIpc) is 2.16. The first kappa shape index (κ1) is 6.73. The van der Waals surface area contributed by atoms with Crippen molar-refractivity contribution < 1.29 is 5.11 Å². The summed E-state index contributed by atoms with van der Waals surface area (Å²) in [5.41, 5.74) is 8.05. The molecule has 4 N–H and O–H groups in total. The van der Waals surface area contributed by atoms with Gasteiger partial charge in [-0.3, -0.25) is 4.90 Å². The third-order valence-corrected chi connectivity index (χ3v) is 2.34. The Morgan fingerprint density at radius 3 is 3.23 bits per heavy atom. The SMILES string of the molecule is NC1=C2NC3=CC=C2N(C=N1)C3O. The lowest BCUT2D eigenvalue weighted by Crippen LogP contribution is -2.50. The first-order valence-corrected chi connectivity index (χ1v) is 3.97. The molecule has 0 aromatic carbocycles. The van der Waals surface area contributed by atoms with Gasteiger partial charge in [-0.05, 0) is 12.2 Å². The third-order valence-electron chi connectivity index (χ3n) is 2.34. The van der Waals surface area contributed by atoms with Crippen LogP contribution in [0.3, 0.4) is 0 Å². The van der Waals surface area contributed by atoms with Crippen LogP contribution in [-0.4, -0.2) is 22.6 Å². The van der Waals surface area contributed by atoms with Gasteiger partial charge >= 0.3 is 0 Å². The van der Waals surface area contributed by atoms with Crippen molar-refractivity contribution in [2.45, 2.75) is 6.23 Å². The first-order chi connectivity index (χ1) is 6.27. The van der Waals surface area contributed by atoms with E-state index < -0.39 is 6.23 Å². The Kier molecular flexibility index (Phi) is 1.01. The lowest BCUT2D eigenvalue weighted by Gasteiger charge is -2.41. The largest absolute Gasteiger partial charge is 0.382 e. The van der Waals surface area contributed by atoms with E-state index >= 15 is 0 Å². The van der Waals surface area contributed by atoms with Crippen LogP contribution >= 0.6 is 0 Å². The molecule has 0 saturated carbocycles. The summed E-state index contributed by atoms with van der Waals surface area (Å²) >= 11 is 0. The van der Waals surface area contributed by atoms with Gasteiger partial charge in [-0.2, -0.15) is 0 Å². The number of hydrogen-bond donors (Lipinski definition) is 3. The lowest BCUT2D eigenvalue weighted by molar-refractivity contribution is 0.0931. The van der Waals surface area contributed by atoms with E-state index in [1.807, 2.05) is 12.2 Å². The highest BCUT2D eigenvalue weighted by Crippen LogP contribution is 2.32. The minimum Gasteiger partial charge on any atom is -0.382 e. The zero-order valence-electron chi connectivity index (χ0n) is 6.73. The summed E-state index contributed by atoms with van der Waals surface area (Å²) in [7, 11) is 0. The van der Waals surface area contributed by atoms with E-state index in [1.54, 1.807) is 11.2 Å². The molecule has 4 bridgehead atoms. The molecule has 5 nitrogen and oxygen atoms in total. The second-order valence-electron chi connectivity index (χ2n) is 3.08. The molecule has 4 aliphatic heterocycles. The number of dihydropyridines is 1. The van der Waals surface area contributed by atoms with Crippen LogP contribution in [-0.2, 0) is 0 Å². The van der Waals surface area contributed by atoms with Crippen LogP contribution in [0.15, 0.2) is 40.1 Å². The molecule has 1 fully saturated rings. The average molecular weight is 176 g/mol. The molecular formula is C8H8N4O. The smallest absolute Gasteiger partial charge is 0.173 e.